The Hall–Kier alpha value is -1.11. The Morgan fingerprint density at radius 1 is 1.43 bits per heavy atom. The first-order chi connectivity index (χ1) is 9.95. The molecule has 0 bridgehead atoms. The van der Waals surface area contributed by atoms with Gasteiger partial charge in [-0.15, -0.1) is 0 Å². The fourth-order valence-corrected chi connectivity index (χ4v) is 4.77. The fraction of sp³-hybridized carbons (Fsp3) is 0.600. The summed E-state index contributed by atoms with van der Waals surface area (Å²) in [5, 5.41) is -0.456. The molecule has 1 aromatic carbocycles. The third-order valence-corrected chi connectivity index (χ3v) is 6.16. The van der Waals surface area contributed by atoms with Crippen LogP contribution in [0.25, 0.3) is 0 Å². The van der Waals surface area contributed by atoms with Crippen LogP contribution in [0, 0.1) is 0 Å². The van der Waals surface area contributed by atoms with Crippen LogP contribution in [0.1, 0.15) is 31.9 Å². The van der Waals surface area contributed by atoms with Gasteiger partial charge in [-0.1, -0.05) is 18.2 Å². The maximum Gasteiger partial charge on any atom is 0.157 e. The SMILES string of the molecule is CCOc1ccccc1C(N)CS(=O)(=O)C1CCOC1C. The van der Waals surface area contributed by atoms with Gasteiger partial charge in [0.1, 0.15) is 5.75 Å². The van der Waals surface area contributed by atoms with Crippen molar-refractivity contribution in [3.8, 4) is 5.75 Å². The van der Waals surface area contributed by atoms with E-state index in [9.17, 15) is 8.42 Å². The minimum absolute atomic E-state index is 0.0878. The Kier molecular flexibility index (Phi) is 5.24. The molecule has 21 heavy (non-hydrogen) atoms. The largest absolute Gasteiger partial charge is 0.494 e. The first kappa shape index (κ1) is 16.3. The Labute approximate surface area is 126 Å². The average Bonchev–Trinajstić information content (AvgIpc) is 2.86. The van der Waals surface area contributed by atoms with Crippen molar-refractivity contribution >= 4 is 9.84 Å². The van der Waals surface area contributed by atoms with E-state index in [4.69, 9.17) is 15.2 Å². The van der Waals surface area contributed by atoms with Crippen molar-refractivity contribution in [2.75, 3.05) is 19.0 Å². The van der Waals surface area contributed by atoms with Gasteiger partial charge in [-0.25, -0.2) is 8.42 Å². The number of benzene rings is 1. The normalized spacial score (nSPS) is 24.0. The zero-order chi connectivity index (χ0) is 15.5. The second-order valence-corrected chi connectivity index (χ2v) is 7.57. The van der Waals surface area contributed by atoms with Crippen LogP contribution in [0.5, 0.6) is 5.75 Å². The first-order valence-electron chi connectivity index (χ1n) is 7.26. The fourth-order valence-electron chi connectivity index (χ4n) is 2.72. The quantitative estimate of drug-likeness (QED) is 0.864. The van der Waals surface area contributed by atoms with E-state index in [-0.39, 0.29) is 11.9 Å². The molecule has 2 rings (SSSR count). The van der Waals surface area contributed by atoms with Crippen molar-refractivity contribution in [1.82, 2.24) is 0 Å². The maximum absolute atomic E-state index is 12.5. The zero-order valence-electron chi connectivity index (χ0n) is 12.5. The van der Waals surface area contributed by atoms with Crippen LogP contribution >= 0.6 is 0 Å². The number of ether oxygens (including phenoxy) is 2. The molecule has 0 radical (unpaired) electrons. The smallest absolute Gasteiger partial charge is 0.157 e. The van der Waals surface area contributed by atoms with E-state index in [1.807, 2.05) is 31.2 Å². The molecule has 1 heterocycles. The van der Waals surface area contributed by atoms with Crippen molar-refractivity contribution in [2.24, 2.45) is 5.73 Å². The minimum atomic E-state index is -3.29. The van der Waals surface area contributed by atoms with Gasteiger partial charge in [-0.3, -0.25) is 0 Å². The van der Waals surface area contributed by atoms with Gasteiger partial charge in [0.15, 0.2) is 9.84 Å². The second kappa shape index (κ2) is 6.77. The molecule has 0 aromatic heterocycles. The summed E-state index contributed by atoms with van der Waals surface area (Å²) in [6.07, 6.45) is 0.285. The van der Waals surface area contributed by atoms with E-state index in [1.165, 1.54) is 0 Å². The van der Waals surface area contributed by atoms with Crippen molar-refractivity contribution in [3.05, 3.63) is 29.8 Å². The van der Waals surface area contributed by atoms with E-state index in [0.29, 0.717) is 25.4 Å². The topological polar surface area (TPSA) is 78.6 Å². The van der Waals surface area contributed by atoms with Gasteiger partial charge in [0.05, 0.1) is 23.7 Å². The van der Waals surface area contributed by atoms with Crippen LogP contribution < -0.4 is 10.5 Å². The molecular formula is C15H23NO4S. The lowest BCUT2D eigenvalue weighted by molar-refractivity contribution is 0.126. The first-order valence-corrected chi connectivity index (χ1v) is 8.97. The number of sulfone groups is 1. The molecule has 0 aliphatic carbocycles. The molecule has 5 nitrogen and oxygen atoms in total. The van der Waals surface area contributed by atoms with Crippen molar-refractivity contribution < 1.29 is 17.9 Å². The summed E-state index contributed by atoms with van der Waals surface area (Å²) >= 11 is 0. The Balaban J connectivity index is 2.16. The van der Waals surface area contributed by atoms with E-state index >= 15 is 0 Å². The van der Waals surface area contributed by atoms with Crippen molar-refractivity contribution in [2.45, 2.75) is 37.7 Å². The molecule has 118 valence electrons. The van der Waals surface area contributed by atoms with Gasteiger partial charge >= 0.3 is 0 Å². The number of rotatable bonds is 6. The van der Waals surface area contributed by atoms with Crippen molar-refractivity contribution in [1.29, 1.82) is 0 Å². The van der Waals surface area contributed by atoms with Gasteiger partial charge in [0, 0.05) is 18.2 Å². The minimum Gasteiger partial charge on any atom is -0.494 e. The van der Waals surface area contributed by atoms with Gasteiger partial charge in [0.2, 0.25) is 0 Å². The van der Waals surface area contributed by atoms with Crippen LogP contribution in [0.15, 0.2) is 24.3 Å². The number of nitrogens with two attached hydrogens (primary N) is 1. The lowest BCUT2D eigenvalue weighted by atomic mass is 10.1. The highest BCUT2D eigenvalue weighted by Gasteiger charge is 2.37. The van der Waals surface area contributed by atoms with E-state index in [1.54, 1.807) is 6.92 Å². The monoisotopic (exact) mass is 313 g/mol. The maximum atomic E-state index is 12.5. The van der Waals surface area contributed by atoms with Crippen LogP contribution in [0.3, 0.4) is 0 Å². The molecule has 1 aromatic rings. The third kappa shape index (κ3) is 3.75. The molecule has 6 heteroatoms. The second-order valence-electron chi connectivity index (χ2n) is 5.31. The third-order valence-electron chi connectivity index (χ3n) is 3.80. The zero-order valence-corrected chi connectivity index (χ0v) is 13.3. The lowest BCUT2D eigenvalue weighted by Gasteiger charge is -2.20. The van der Waals surface area contributed by atoms with Gasteiger partial charge in [-0.2, -0.15) is 0 Å². The standard InChI is InChI=1S/C15H23NO4S/c1-3-19-14-7-5-4-6-12(14)13(16)10-21(17,18)15-8-9-20-11(15)2/h4-7,11,13,15H,3,8-10,16H2,1-2H3. The predicted molar refractivity (Wildman–Crippen MR) is 82.1 cm³/mol. The molecule has 1 fully saturated rings. The summed E-state index contributed by atoms with van der Waals surface area (Å²) in [5.41, 5.74) is 6.86. The van der Waals surface area contributed by atoms with Crippen LogP contribution in [-0.2, 0) is 14.6 Å². The highest BCUT2D eigenvalue weighted by molar-refractivity contribution is 7.92. The molecule has 0 amide bonds. The summed E-state index contributed by atoms with van der Waals surface area (Å²) in [5.74, 6) is 0.563. The molecular weight excluding hydrogens is 290 g/mol. The molecule has 1 aliphatic heterocycles. The Bertz CT molecular complexity index is 573. The molecule has 3 atom stereocenters. The summed E-state index contributed by atoms with van der Waals surface area (Å²) in [6.45, 7) is 4.70. The predicted octanol–water partition coefficient (Wildman–Crippen LogP) is 1.68. The Morgan fingerprint density at radius 2 is 2.14 bits per heavy atom. The summed E-state index contributed by atoms with van der Waals surface area (Å²) < 4.78 is 35.9. The Morgan fingerprint density at radius 3 is 2.76 bits per heavy atom. The van der Waals surface area contributed by atoms with Crippen LogP contribution in [0.2, 0.25) is 0 Å². The average molecular weight is 313 g/mol. The van der Waals surface area contributed by atoms with Gasteiger partial charge < -0.3 is 15.2 Å². The highest BCUT2D eigenvalue weighted by atomic mass is 32.2. The molecule has 3 unspecified atom stereocenters. The van der Waals surface area contributed by atoms with E-state index < -0.39 is 21.1 Å². The molecule has 2 N–H and O–H groups in total. The molecule has 1 saturated heterocycles. The van der Waals surface area contributed by atoms with E-state index in [0.717, 1.165) is 5.56 Å². The molecule has 1 aliphatic rings. The van der Waals surface area contributed by atoms with Crippen LogP contribution in [0.4, 0.5) is 0 Å². The summed E-state index contributed by atoms with van der Waals surface area (Å²) in [4.78, 5) is 0. The molecule has 0 saturated carbocycles. The summed E-state index contributed by atoms with van der Waals surface area (Å²) in [6, 6.07) is 6.73. The number of hydrogen-bond donors (Lipinski definition) is 1. The summed E-state index contributed by atoms with van der Waals surface area (Å²) in [7, 11) is -3.29. The van der Waals surface area contributed by atoms with Crippen molar-refractivity contribution in [3.63, 3.8) is 0 Å². The number of hydrogen-bond acceptors (Lipinski definition) is 5. The molecule has 0 spiro atoms. The van der Waals surface area contributed by atoms with Crippen LogP contribution in [-0.4, -0.2) is 38.7 Å². The van der Waals surface area contributed by atoms with Gasteiger partial charge in [-0.05, 0) is 26.3 Å². The number of para-hydroxylation sites is 1. The highest BCUT2D eigenvalue weighted by Crippen LogP contribution is 2.28. The lowest BCUT2D eigenvalue weighted by Crippen LogP contribution is -2.34. The van der Waals surface area contributed by atoms with Gasteiger partial charge in [0.25, 0.3) is 0 Å². The van der Waals surface area contributed by atoms with E-state index in [2.05, 4.69) is 0 Å².